The Morgan fingerprint density at radius 2 is 2.00 bits per heavy atom. The van der Waals surface area contributed by atoms with Crippen molar-refractivity contribution in [1.29, 1.82) is 0 Å². The van der Waals surface area contributed by atoms with Gasteiger partial charge in [0.25, 0.3) is 0 Å². The minimum absolute atomic E-state index is 0.157. The van der Waals surface area contributed by atoms with E-state index in [9.17, 15) is 4.79 Å². The summed E-state index contributed by atoms with van der Waals surface area (Å²) >= 11 is 0. The summed E-state index contributed by atoms with van der Waals surface area (Å²) in [7, 11) is 1.83. The summed E-state index contributed by atoms with van der Waals surface area (Å²) in [4.78, 5) is 13.3. The average molecular weight is 206 g/mol. The fourth-order valence-electron chi connectivity index (χ4n) is 1.39. The number of amides is 1. The van der Waals surface area contributed by atoms with Crippen LogP contribution in [-0.2, 0) is 11.3 Å². The molecule has 0 atom stereocenters. The van der Waals surface area contributed by atoms with E-state index in [1.165, 1.54) is 0 Å². The van der Waals surface area contributed by atoms with Crippen molar-refractivity contribution in [3.05, 3.63) is 35.9 Å². The minimum Gasteiger partial charge on any atom is -0.341 e. The zero-order valence-corrected chi connectivity index (χ0v) is 9.15. The van der Waals surface area contributed by atoms with Gasteiger partial charge in [-0.25, -0.2) is 0 Å². The molecule has 0 unspecified atom stereocenters. The van der Waals surface area contributed by atoms with Gasteiger partial charge in [-0.15, -0.1) is 0 Å². The summed E-state index contributed by atoms with van der Waals surface area (Å²) in [6.45, 7) is 1.25. The molecule has 0 saturated heterocycles. The Labute approximate surface area is 90.9 Å². The number of carbonyl (C=O) groups is 1. The fraction of sp³-hybridized carbons (Fsp3) is 0.417. The summed E-state index contributed by atoms with van der Waals surface area (Å²) < 4.78 is 0. The van der Waals surface area contributed by atoms with E-state index in [4.69, 9.17) is 5.73 Å². The molecular weight excluding hydrogens is 188 g/mol. The molecule has 1 aromatic carbocycles. The molecule has 0 heterocycles. The third kappa shape index (κ3) is 4.13. The largest absolute Gasteiger partial charge is 0.341 e. The molecule has 0 aliphatic carbocycles. The van der Waals surface area contributed by atoms with Crippen LogP contribution >= 0.6 is 0 Å². The van der Waals surface area contributed by atoms with Gasteiger partial charge in [-0.2, -0.15) is 0 Å². The number of benzene rings is 1. The van der Waals surface area contributed by atoms with Crippen LogP contribution in [0.15, 0.2) is 30.3 Å². The second kappa shape index (κ2) is 6.19. The van der Waals surface area contributed by atoms with Crippen LogP contribution in [-0.4, -0.2) is 24.4 Å². The van der Waals surface area contributed by atoms with E-state index in [1.54, 1.807) is 4.90 Å². The van der Waals surface area contributed by atoms with E-state index >= 15 is 0 Å². The molecule has 0 saturated carbocycles. The van der Waals surface area contributed by atoms with Gasteiger partial charge in [0.15, 0.2) is 0 Å². The van der Waals surface area contributed by atoms with Gasteiger partial charge >= 0.3 is 0 Å². The van der Waals surface area contributed by atoms with Gasteiger partial charge in [0.05, 0.1) is 0 Å². The molecular formula is C12H18N2O. The van der Waals surface area contributed by atoms with Gasteiger partial charge in [0, 0.05) is 20.0 Å². The summed E-state index contributed by atoms with van der Waals surface area (Å²) in [6.07, 6.45) is 1.30. The minimum atomic E-state index is 0.157. The SMILES string of the molecule is CN(Cc1ccccc1)C(=O)CCCN. The first-order valence-corrected chi connectivity index (χ1v) is 5.22. The van der Waals surface area contributed by atoms with E-state index in [0.29, 0.717) is 19.5 Å². The second-order valence-electron chi connectivity index (χ2n) is 3.63. The van der Waals surface area contributed by atoms with Crippen LogP contribution < -0.4 is 5.73 Å². The molecule has 0 aliphatic heterocycles. The van der Waals surface area contributed by atoms with Gasteiger partial charge in [-0.05, 0) is 18.5 Å². The van der Waals surface area contributed by atoms with Crippen molar-refractivity contribution in [2.45, 2.75) is 19.4 Å². The molecule has 1 rings (SSSR count). The normalized spacial score (nSPS) is 10.0. The number of hydrogen-bond acceptors (Lipinski definition) is 2. The lowest BCUT2D eigenvalue weighted by molar-refractivity contribution is -0.130. The van der Waals surface area contributed by atoms with Crippen molar-refractivity contribution >= 4 is 5.91 Å². The van der Waals surface area contributed by atoms with Gasteiger partial charge in [0.2, 0.25) is 5.91 Å². The molecule has 0 bridgehead atoms. The van der Waals surface area contributed by atoms with Crippen molar-refractivity contribution in [2.75, 3.05) is 13.6 Å². The van der Waals surface area contributed by atoms with Crippen LogP contribution in [0.5, 0.6) is 0 Å². The molecule has 1 amide bonds. The van der Waals surface area contributed by atoms with Crippen LogP contribution in [0.2, 0.25) is 0 Å². The highest BCUT2D eigenvalue weighted by molar-refractivity contribution is 5.75. The highest BCUT2D eigenvalue weighted by Gasteiger charge is 2.07. The van der Waals surface area contributed by atoms with E-state index in [2.05, 4.69) is 0 Å². The maximum atomic E-state index is 11.6. The van der Waals surface area contributed by atoms with Crippen molar-refractivity contribution < 1.29 is 4.79 Å². The molecule has 3 nitrogen and oxygen atoms in total. The van der Waals surface area contributed by atoms with E-state index in [1.807, 2.05) is 37.4 Å². The van der Waals surface area contributed by atoms with E-state index < -0.39 is 0 Å². The quantitative estimate of drug-likeness (QED) is 0.791. The Hall–Kier alpha value is -1.35. The Morgan fingerprint density at radius 1 is 1.33 bits per heavy atom. The van der Waals surface area contributed by atoms with Gasteiger partial charge in [-0.1, -0.05) is 30.3 Å². The number of carbonyl (C=O) groups excluding carboxylic acids is 1. The highest BCUT2D eigenvalue weighted by atomic mass is 16.2. The van der Waals surface area contributed by atoms with Crippen molar-refractivity contribution in [2.24, 2.45) is 5.73 Å². The summed E-state index contributed by atoms with van der Waals surface area (Å²) in [5.41, 5.74) is 6.51. The fourth-order valence-corrected chi connectivity index (χ4v) is 1.39. The summed E-state index contributed by atoms with van der Waals surface area (Å²) in [5, 5.41) is 0. The number of rotatable bonds is 5. The molecule has 0 radical (unpaired) electrons. The lowest BCUT2D eigenvalue weighted by atomic mass is 10.2. The van der Waals surface area contributed by atoms with Crippen molar-refractivity contribution in [1.82, 2.24) is 4.90 Å². The standard InChI is InChI=1S/C12H18N2O/c1-14(12(15)8-5-9-13)10-11-6-3-2-4-7-11/h2-4,6-7H,5,8-10,13H2,1H3. The average Bonchev–Trinajstić information content (AvgIpc) is 2.27. The third-order valence-corrected chi connectivity index (χ3v) is 2.28. The van der Waals surface area contributed by atoms with Gasteiger partial charge in [0.1, 0.15) is 0 Å². The van der Waals surface area contributed by atoms with Crippen LogP contribution in [0.4, 0.5) is 0 Å². The molecule has 2 N–H and O–H groups in total. The Bertz CT molecular complexity index is 298. The smallest absolute Gasteiger partial charge is 0.222 e. The molecule has 1 aromatic rings. The maximum absolute atomic E-state index is 11.6. The predicted molar refractivity (Wildman–Crippen MR) is 61.2 cm³/mol. The second-order valence-corrected chi connectivity index (χ2v) is 3.63. The van der Waals surface area contributed by atoms with Crippen LogP contribution in [0.1, 0.15) is 18.4 Å². The molecule has 0 spiro atoms. The first kappa shape index (κ1) is 11.7. The Balaban J connectivity index is 2.41. The van der Waals surface area contributed by atoms with Gasteiger partial charge < -0.3 is 10.6 Å². The number of nitrogens with two attached hydrogens (primary N) is 1. The third-order valence-electron chi connectivity index (χ3n) is 2.28. The van der Waals surface area contributed by atoms with Crippen LogP contribution in [0.25, 0.3) is 0 Å². The first-order chi connectivity index (χ1) is 7.24. The molecule has 15 heavy (non-hydrogen) atoms. The lowest BCUT2D eigenvalue weighted by Crippen LogP contribution is -2.26. The van der Waals surface area contributed by atoms with Crippen LogP contribution in [0, 0.1) is 0 Å². The molecule has 82 valence electrons. The highest BCUT2D eigenvalue weighted by Crippen LogP contribution is 2.04. The predicted octanol–water partition coefficient (Wildman–Crippen LogP) is 1.38. The van der Waals surface area contributed by atoms with Gasteiger partial charge in [-0.3, -0.25) is 4.79 Å². The lowest BCUT2D eigenvalue weighted by Gasteiger charge is -2.16. The molecule has 3 heteroatoms. The number of hydrogen-bond donors (Lipinski definition) is 1. The monoisotopic (exact) mass is 206 g/mol. The van der Waals surface area contributed by atoms with Crippen molar-refractivity contribution in [3.8, 4) is 0 Å². The summed E-state index contributed by atoms with van der Waals surface area (Å²) in [5.74, 6) is 0.157. The van der Waals surface area contributed by atoms with E-state index in [0.717, 1.165) is 12.0 Å². The van der Waals surface area contributed by atoms with Crippen LogP contribution in [0.3, 0.4) is 0 Å². The molecule has 0 fully saturated rings. The van der Waals surface area contributed by atoms with E-state index in [-0.39, 0.29) is 5.91 Å². The molecule has 0 aromatic heterocycles. The maximum Gasteiger partial charge on any atom is 0.222 e. The summed E-state index contributed by atoms with van der Waals surface area (Å²) in [6, 6.07) is 9.97. The molecule has 0 aliphatic rings. The van der Waals surface area contributed by atoms with Crippen molar-refractivity contribution in [3.63, 3.8) is 0 Å². The Kier molecular flexibility index (Phi) is 4.84. The topological polar surface area (TPSA) is 46.3 Å². The Morgan fingerprint density at radius 3 is 2.60 bits per heavy atom. The number of nitrogens with zero attached hydrogens (tertiary/aromatic N) is 1. The zero-order valence-electron chi connectivity index (χ0n) is 9.15. The first-order valence-electron chi connectivity index (χ1n) is 5.22. The zero-order chi connectivity index (χ0) is 11.1.